The number of likely N-dealkylation sites (tertiary alicyclic amines) is 1. The molecule has 0 bridgehead atoms. The summed E-state index contributed by atoms with van der Waals surface area (Å²) in [4.78, 5) is 28.2. The zero-order chi connectivity index (χ0) is 19.2. The lowest BCUT2D eigenvalue weighted by Gasteiger charge is -2.30. The Morgan fingerprint density at radius 1 is 1.30 bits per heavy atom. The second kappa shape index (κ2) is 8.77. The van der Waals surface area contributed by atoms with Crippen molar-refractivity contribution in [2.75, 3.05) is 18.4 Å². The van der Waals surface area contributed by atoms with Gasteiger partial charge in [0, 0.05) is 24.7 Å². The highest BCUT2D eigenvalue weighted by molar-refractivity contribution is 5.79. The Morgan fingerprint density at radius 2 is 2.04 bits per heavy atom. The first-order valence-corrected chi connectivity index (χ1v) is 9.36. The van der Waals surface area contributed by atoms with Crippen LogP contribution in [0.25, 0.3) is 0 Å². The molecule has 1 aliphatic heterocycles. The van der Waals surface area contributed by atoms with Crippen LogP contribution in [0.3, 0.4) is 0 Å². The van der Waals surface area contributed by atoms with Crippen LogP contribution in [-0.2, 0) is 4.79 Å². The molecule has 1 aromatic rings. The maximum absolute atomic E-state index is 12.3. The molecule has 1 aliphatic carbocycles. The van der Waals surface area contributed by atoms with Gasteiger partial charge in [-0.25, -0.2) is 4.98 Å². The highest BCUT2D eigenvalue weighted by atomic mass is 16.6. The summed E-state index contributed by atoms with van der Waals surface area (Å²) in [7, 11) is 0. The molecule has 0 spiro atoms. The van der Waals surface area contributed by atoms with Gasteiger partial charge < -0.3 is 15.5 Å². The SMILES string of the molecule is N#C[C@@H]1CCCN1C(=O)CNC1CCC(Nc2ccc([N+](=O)[O-])cn2)CC1. The van der Waals surface area contributed by atoms with Gasteiger partial charge in [0.25, 0.3) is 5.69 Å². The number of rotatable bonds is 6. The van der Waals surface area contributed by atoms with Gasteiger partial charge in [-0.2, -0.15) is 5.26 Å². The second-order valence-electron chi connectivity index (χ2n) is 7.11. The maximum atomic E-state index is 12.3. The van der Waals surface area contributed by atoms with Gasteiger partial charge in [0.15, 0.2) is 0 Å². The smallest absolute Gasteiger partial charge is 0.287 e. The van der Waals surface area contributed by atoms with E-state index < -0.39 is 4.92 Å². The number of nitrogens with zero attached hydrogens (tertiary/aromatic N) is 4. The fourth-order valence-electron chi connectivity index (χ4n) is 3.76. The Hall–Kier alpha value is -2.73. The van der Waals surface area contributed by atoms with Crippen molar-refractivity contribution in [3.8, 4) is 6.07 Å². The quantitative estimate of drug-likeness (QED) is 0.576. The van der Waals surface area contributed by atoms with Crippen molar-refractivity contribution < 1.29 is 9.72 Å². The predicted octanol–water partition coefficient (Wildman–Crippen LogP) is 1.82. The van der Waals surface area contributed by atoms with Gasteiger partial charge in [0.05, 0.1) is 17.5 Å². The number of aromatic nitrogens is 1. The van der Waals surface area contributed by atoms with E-state index in [4.69, 9.17) is 5.26 Å². The van der Waals surface area contributed by atoms with Gasteiger partial charge in [0.1, 0.15) is 18.1 Å². The molecule has 1 aromatic heterocycles. The molecule has 2 heterocycles. The maximum Gasteiger partial charge on any atom is 0.287 e. The predicted molar refractivity (Wildman–Crippen MR) is 98.9 cm³/mol. The molecular formula is C18H24N6O3. The number of nitriles is 1. The normalized spacial score (nSPS) is 25.0. The minimum atomic E-state index is -0.462. The van der Waals surface area contributed by atoms with Crippen LogP contribution in [0.15, 0.2) is 18.3 Å². The fourth-order valence-corrected chi connectivity index (χ4v) is 3.76. The molecular weight excluding hydrogens is 348 g/mol. The topological polar surface area (TPSA) is 124 Å². The Balaban J connectivity index is 1.39. The number of nitro groups is 1. The first-order valence-electron chi connectivity index (χ1n) is 9.36. The number of anilines is 1. The zero-order valence-electron chi connectivity index (χ0n) is 15.1. The second-order valence-corrected chi connectivity index (χ2v) is 7.11. The van der Waals surface area contributed by atoms with E-state index in [0.29, 0.717) is 18.4 Å². The van der Waals surface area contributed by atoms with Crippen molar-refractivity contribution in [2.45, 2.75) is 56.7 Å². The number of amides is 1. The van der Waals surface area contributed by atoms with Crippen molar-refractivity contribution >= 4 is 17.4 Å². The van der Waals surface area contributed by atoms with E-state index >= 15 is 0 Å². The van der Waals surface area contributed by atoms with Crippen LogP contribution in [0, 0.1) is 21.4 Å². The Labute approximate surface area is 157 Å². The van der Waals surface area contributed by atoms with Crippen LogP contribution in [0.1, 0.15) is 38.5 Å². The van der Waals surface area contributed by atoms with Crippen molar-refractivity contribution in [2.24, 2.45) is 0 Å². The number of carbonyl (C=O) groups is 1. The van der Waals surface area contributed by atoms with Crippen LogP contribution >= 0.6 is 0 Å². The molecule has 1 atom stereocenters. The number of pyridine rings is 1. The molecule has 1 saturated carbocycles. The highest BCUT2D eigenvalue weighted by Gasteiger charge is 2.29. The average molecular weight is 372 g/mol. The van der Waals surface area contributed by atoms with Crippen molar-refractivity contribution in [3.63, 3.8) is 0 Å². The number of nitrogens with one attached hydrogen (secondary N) is 2. The lowest BCUT2D eigenvalue weighted by molar-refractivity contribution is -0.385. The molecule has 1 amide bonds. The van der Waals surface area contributed by atoms with E-state index in [0.717, 1.165) is 38.5 Å². The molecule has 2 N–H and O–H groups in total. The van der Waals surface area contributed by atoms with E-state index in [9.17, 15) is 14.9 Å². The third-order valence-electron chi connectivity index (χ3n) is 5.30. The Bertz CT molecular complexity index is 709. The number of hydrogen-bond acceptors (Lipinski definition) is 7. The first kappa shape index (κ1) is 19.0. The van der Waals surface area contributed by atoms with Crippen molar-refractivity contribution in [1.29, 1.82) is 5.26 Å². The molecule has 2 fully saturated rings. The van der Waals surface area contributed by atoms with E-state index in [1.54, 1.807) is 11.0 Å². The molecule has 3 rings (SSSR count). The minimum absolute atomic E-state index is 0.00868. The van der Waals surface area contributed by atoms with Gasteiger partial charge in [-0.05, 0) is 44.6 Å². The molecule has 144 valence electrons. The van der Waals surface area contributed by atoms with E-state index in [1.807, 2.05) is 0 Å². The average Bonchev–Trinajstić information content (AvgIpc) is 3.16. The van der Waals surface area contributed by atoms with Crippen LogP contribution < -0.4 is 10.6 Å². The van der Waals surface area contributed by atoms with Crippen LogP contribution in [0.4, 0.5) is 11.5 Å². The van der Waals surface area contributed by atoms with Crippen LogP contribution in [-0.4, -0.2) is 51.9 Å². The molecule has 0 unspecified atom stereocenters. The highest BCUT2D eigenvalue weighted by Crippen LogP contribution is 2.23. The third kappa shape index (κ3) is 4.92. The molecule has 0 aromatic carbocycles. The van der Waals surface area contributed by atoms with E-state index in [1.165, 1.54) is 12.3 Å². The summed E-state index contributed by atoms with van der Waals surface area (Å²) >= 11 is 0. The molecule has 2 aliphatic rings. The molecule has 1 saturated heterocycles. The zero-order valence-corrected chi connectivity index (χ0v) is 15.1. The molecule has 9 nitrogen and oxygen atoms in total. The van der Waals surface area contributed by atoms with Gasteiger partial charge >= 0.3 is 0 Å². The van der Waals surface area contributed by atoms with E-state index in [-0.39, 0.29) is 30.2 Å². The fraction of sp³-hybridized carbons (Fsp3) is 0.611. The van der Waals surface area contributed by atoms with Gasteiger partial charge in [-0.3, -0.25) is 14.9 Å². The van der Waals surface area contributed by atoms with Gasteiger partial charge in [0.2, 0.25) is 5.91 Å². The Kier molecular flexibility index (Phi) is 6.19. The number of carbonyl (C=O) groups excluding carboxylic acids is 1. The largest absolute Gasteiger partial charge is 0.367 e. The van der Waals surface area contributed by atoms with Crippen LogP contribution in [0.2, 0.25) is 0 Å². The number of hydrogen-bond donors (Lipinski definition) is 2. The summed E-state index contributed by atoms with van der Waals surface area (Å²) in [6, 6.07) is 5.56. The van der Waals surface area contributed by atoms with Crippen LogP contribution in [0.5, 0.6) is 0 Å². The minimum Gasteiger partial charge on any atom is -0.367 e. The molecule has 0 radical (unpaired) electrons. The summed E-state index contributed by atoms with van der Waals surface area (Å²) in [5, 5.41) is 26.4. The lowest BCUT2D eigenvalue weighted by atomic mass is 9.91. The summed E-state index contributed by atoms with van der Waals surface area (Å²) in [5.74, 6) is 0.651. The van der Waals surface area contributed by atoms with Crippen molar-refractivity contribution in [3.05, 3.63) is 28.4 Å². The first-order chi connectivity index (χ1) is 13.1. The van der Waals surface area contributed by atoms with E-state index in [2.05, 4.69) is 21.7 Å². The third-order valence-corrected chi connectivity index (χ3v) is 5.30. The lowest BCUT2D eigenvalue weighted by Crippen LogP contribution is -2.45. The summed E-state index contributed by atoms with van der Waals surface area (Å²) < 4.78 is 0. The standard InChI is InChI=1S/C18H24N6O3/c19-10-15-2-1-9-23(15)18(25)12-20-13-3-5-14(6-4-13)22-17-8-7-16(11-21-17)24(26)27/h7-8,11,13-15,20H,1-6,9,12H2,(H,21,22)/t13?,14?,15-/m0/s1. The Morgan fingerprint density at radius 3 is 2.67 bits per heavy atom. The summed E-state index contributed by atoms with van der Waals surface area (Å²) in [6.45, 7) is 0.961. The van der Waals surface area contributed by atoms with Gasteiger partial charge in [-0.1, -0.05) is 0 Å². The summed E-state index contributed by atoms with van der Waals surface area (Å²) in [5.41, 5.74) is -0.0187. The monoisotopic (exact) mass is 372 g/mol. The molecule has 27 heavy (non-hydrogen) atoms. The molecule has 9 heteroatoms. The van der Waals surface area contributed by atoms with Crippen molar-refractivity contribution in [1.82, 2.24) is 15.2 Å². The summed E-state index contributed by atoms with van der Waals surface area (Å²) in [6.07, 6.45) is 6.70. The van der Waals surface area contributed by atoms with Gasteiger partial charge in [-0.15, -0.1) is 0 Å².